The van der Waals surface area contributed by atoms with Gasteiger partial charge >= 0.3 is 0 Å². The number of thiophene rings is 1. The van der Waals surface area contributed by atoms with E-state index in [1.54, 1.807) is 28.4 Å². The zero-order valence-electron chi connectivity index (χ0n) is 15.4. The van der Waals surface area contributed by atoms with E-state index in [0.717, 1.165) is 47.1 Å². The minimum atomic E-state index is 0.349. The van der Waals surface area contributed by atoms with Crippen LogP contribution in [0, 0.1) is 4.84 Å². The molecular formula is C19H17ClN6OS2. The zero-order valence-corrected chi connectivity index (χ0v) is 17.8. The first-order valence-corrected chi connectivity index (χ1v) is 10.8. The molecule has 4 aromatic rings. The van der Waals surface area contributed by atoms with E-state index < -0.39 is 0 Å². The molecule has 1 aliphatic heterocycles. The second-order valence-electron chi connectivity index (χ2n) is 6.71. The minimum absolute atomic E-state index is 0.349. The Hall–Kier alpha value is -2.33. The van der Waals surface area contributed by atoms with Crippen LogP contribution in [0.2, 0.25) is 5.02 Å². The molecule has 10 heteroatoms. The fourth-order valence-corrected chi connectivity index (χ4v) is 4.98. The van der Waals surface area contributed by atoms with Crippen molar-refractivity contribution >= 4 is 51.2 Å². The summed E-state index contributed by atoms with van der Waals surface area (Å²) in [7, 11) is 0. The van der Waals surface area contributed by atoms with E-state index in [1.807, 2.05) is 30.3 Å². The molecule has 0 aliphatic carbocycles. The van der Waals surface area contributed by atoms with Gasteiger partial charge < -0.3 is 9.32 Å². The van der Waals surface area contributed by atoms with E-state index in [2.05, 4.69) is 24.9 Å². The van der Waals surface area contributed by atoms with Crippen LogP contribution in [0.15, 0.2) is 47.1 Å². The highest BCUT2D eigenvalue weighted by molar-refractivity contribution is 7.71. The van der Waals surface area contributed by atoms with E-state index in [4.69, 9.17) is 28.2 Å². The van der Waals surface area contributed by atoms with Crippen LogP contribution >= 0.6 is 35.2 Å². The molecule has 29 heavy (non-hydrogen) atoms. The molecule has 1 aliphatic rings. The fourth-order valence-electron chi connectivity index (χ4n) is 3.37. The quantitative estimate of drug-likeness (QED) is 0.434. The maximum absolute atomic E-state index is 6.56. The topological polar surface area (TPSA) is 63.2 Å². The normalized spacial score (nSPS) is 15.3. The molecule has 1 aromatic carbocycles. The molecule has 3 aromatic heterocycles. The highest BCUT2D eigenvalue weighted by Gasteiger charge is 2.21. The predicted molar refractivity (Wildman–Crippen MR) is 117 cm³/mol. The number of aromatic nitrogens is 4. The Morgan fingerprint density at radius 3 is 2.59 bits per heavy atom. The summed E-state index contributed by atoms with van der Waals surface area (Å²) in [6.45, 7) is 4.01. The van der Waals surface area contributed by atoms with E-state index >= 15 is 0 Å². The number of piperazine rings is 1. The first-order chi connectivity index (χ1) is 14.2. The van der Waals surface area contributed by atoms with Crippen LogP contribution in [0.1, 0.15) is 0 Å². The molecule has 0 saturated carbocycles. The van der Waals surface area contributed by atoms with Crippen molar-refractivity contribution in [2.45, 2.75) is 6.67 Å². The lowest BCUT2D eigenvalue weighted by Gasteiger charge is -2.34. The SMILES string of the molecule is S=c1oc(-c2sc3ccccc3c2Cl)nn1CN1CCN(c2ncccn2)CC1. The largest absolute Gasteiger partial charge is 0.408 e. The third-order valence-corrected chi connectivity index (χ3v) is 6.83. The molecule has 0 amide bonds. The molecule has 0 atom stereocenters. The molecule has 148 valence electrons. The molecule has 0 bridgehead atoms. The molecule has 4 heterocycles. The van der Waals surface area contributed by atoms with Crippen LogP contribution < -0.4 is 4.90 Å². The third-order valence-electron chi connectivity index (χ3n) is 4.88. The van der Waals surface area contributed by atoms with Crippen molar-refractivity contribution in [3.63, 3.8) is 0 Å². The Kier molecular flexibility index (Phi) is 5.04. The van der Waals surface area contributed by atoms with Gasteiger partial charge in [-0.15, -0.1) is 16.4 Å². The lowest BCUT2D eigenvalue weighted by Crippen LogP contribution is -2.47. The molecular weight excluding hydrogens is 428 g/mol. The molecule has 0 unspecified atom stereocenters. The zero-order chi connectivity index (χ0) is 19.8. The Morgan fingerprint density at radius 2 is 1.83 bits per heavy atom. The fraction of sp³-hybridized carbons (Fsp3) is 0.263. The molecule has 7 nitrogen and oxygen atoms in total. The molecule has 1 saturated heterocycles. The summed E-state index contributed by atoms with van der Waals surface area (Å²) in [4.78, 5) is 14.3. The second kappa shape index (κ2) is 7.83. The summed E-state index contributed by atoms with van der Waals surface area (Å²) in [6.07, 6.45) is 3.54. The number of nitrogens with zero attached hydrogens (tertiary/aromatic N) is 6. The van der Waals surface area contributed by atoms with Gasteiger partial charge in [-0.2, -0.15) is 0 Å². The summed E-state index contributed by atoms with van der Waals surface area (Å²) in [6, 6.07) is 9.83. The number of halogens is 1. The summed E-state index contributed by atoms with van der Waals surface area (Å²) < 4.78 is 8.60. The maximum Gasteiger partial charge on any atom is 0.288 e. The van der Waals surface area contributed by atoms with Crippen molar-refractivity contribution < 1.29 is 4.42 Å². The lowest BCUT2D eigenvalue weighted by molar-refractivity contribution is 0.191. The predicted octanol–water partition coefficient (Wildman–Crippen LogP) is 4.31. The van der Waals surface area contributed by atoms with Crippen molar-refractivity contribution in [1.29, 1.82) is 0 Å². The summed E-state index contributed by atoms with van der Waals surface area (Å²) in [5.41, 5.74) is 0. The van der Waals surface area contributed by atoms with Crippen LogP contribution in [0.3, 0.4) is 0 Å². The first-order valence-electron chi connectivity index (χ1n) is 9.19. The number of hydrogen-bond acceptors (Lipinski definition) is 8. The van der Waals surface area contributed by atoms with E-state index in [-0.39, 0.29) is 0 Å². The number of anilines is 1. The molecule has 5 rings (SSSR count). The van der Waals surface area contributed by atoms with Gasteiger partial charge in [0.1, 0.15) is 4.88 Å². The number of fused-ring (bicyclic) bond motifs is 1. The first kappa shape index (κ1) is 18.7. The Balaban J connectivity index is 1.31. The molecule has 0 N–H and O–H groups in total. The number of benzene rings is 1. The Morgan fingerprint density at radius 1 is 1.07 bits per heavy atom. The van der Waals surface area contributed by atoms with Gasteiger partial charge in [-0.1, -0.05) is 29.8 Å². The summed E-state index contributed by atoms with van der Waals surface area (Å²) >= 11 is 13.5. The summed E-state index contributed by atoms with van der Waals surface area (Å²) in [5.74, 6) is 1.24. The van der Waals surface area contributed by atoms with Crippen LogP contribution in [0.5, 0.6) is 0 Å². The van der Waals surface area contributed by atoms with Gasteiger partial charge in [0.25, 0.3) is 10.7 Å². The minimum Gasteiger partial charge on any atom is -0.408 e. The Bertz CT molecular complexity index is 1200. The standard InChI is InChI=1S/C19H17ClN6OS2/c20-15-13-4-1-2-5-14(13)29-16(15)17-23-26(19(28)27-17)12-24-8-10-25(11-9-24)18-21-6-3-7-22-18/h1-7H,8-12H2. The lowest BCUT2D eigenvalue weighted by atomic mass is 10.2. The average Bonchev–Trinajstić information content (AvgIpc) is 3.29. The van der Waals surface area contributed by atoms with Gasteiger partial charge in [-0.05, 0) is 24.4 Å². The maximum atomic E-state index is 6.56. The van der Waals surface area contributed by atoms with Crippen molar-refractivity contribution in [1.82, 2.24) is 24.6 Å². The highest BCUT2D eigenvalue weighted by atomic mass is 35.5. The molecule has 0 radical (unpaired) electrons. The van der Waals surface area contributed by atoms with Gasteiger partial charge in [0, 0.05) is 48.7 Å². The van der Waals surface area contributed by atoms with Gasteiger partial charge in [-0.25, -0.2) is 14.6 Å². The van der Waals surface area contributed by atoms with Crippen molar-refractivity contribution in [2.75, 3.05) is 31.1 Å². The van der Waals surface area contributed by atoms with Crippen LogP contribution in [0.4, 0.5) is 5.95 Å². The molecule has 1 fully saturated rings. The van der Waals surface area contributed by atoms with Crippen molar-refractivity contribution in [3.8, 4) is 10.8 Å². The van der Waals surface area contributed by atoms with Gasteiger partial charge in [0.15, 0.2) is 0 Å². The second-order valence-corrected chi connectivity index (χ2v) is 8.49. The number of rotatable bonds is 4. The van der Waals surface area contributed by atoms with Gasteiger partial charge in [0.2, 0.25) is 5.95 Å². The van der Waals surface area contributed by atoms with E-state index in [1.165, 1.54) is 0 Å². The van der Waals surface area contributed by atoms with E-state index in [9.17, 15) is 0 Å². The summed E-state index contributed by atoms with van der Waals surface area (Å²) in [5, 5.41) is 6.26. The van der Waals surface area contributed by atoms with Crippen LogP contribution in [-0.4, -0.2) is 50.8 Å². The van der Waals surface area contributed by atoms with Gasteiger partial charge in [-0.3, -0.25) is 4.90 Å². The van der Waals surface area contributed by atoms with Gasteiger partial charge in [0.05, 0.1) is 11.7 Å². The van der Waals surface area contributed by atoms with Crippen LogP contribution in [0.25, 0.3) is 20.9 Å². The van der Waals surface area contributed by atoms with Crippen LogP contribution in [-0.2, 0) is 6.67 Å². The third kappa shape index (κ3) is 3.66. The van der Waals surface area contributed by atoms with Crippen molar-refractivity contribution in [3.05, 3.63) is 52.6 Å². The Labute approximate surface area is 181 Å². The average molecular weight is 445 g/mol. The number of hydrogen-bond donors (Lipinski definition) is 0. The highest BCUT2D eigenvalue weighted by Crippen LogP contribution is 2.41. The van der Waals surface area contributed by atoms with E-state index in [0.29, 0.717) is 22.4 Å². The van der Waals surface area contributed by atoms with Crippen molar-refractivity contribution in [2.24, 2.45) is 0 Å². The monoisotopic (exact) mass is 444 g/mol. The smallest absolute Gasteiger partial charge is 0.288 e. The molecule has 0 spiro atoms.